The number of allylic oxidation sites excluding steroid dienone is 2. The van der Waals surface area contributed by atoms with Crippen LogP contribution < -0.4 is 5.43 Å². The highest BCUT2D eigenvalue weighted by atomic mass is 35.5. The molecule has 1 aliphatic rings. The number of anilines is 1. The minimum absolute atomic E-state index is 0.574. The summed E-state index contributed by atoms with van der Waals surface area (Å²) in [5.41, 5.74) is 3.97. The first kappa shape index (κ1) is 11.2. The molecule has 1 N–H and O–H groups in total. The molecule has 0 saturated heterocycles. The molecule has 0 aromatic heterocycles. The van der Waals surface area contributed by atoms with Crippen LogP contribution in [0, 0.1) is 5.92 Å². The van der Waals surface area contributed by atoms with Gasteiger partial charge in [0.1, 0.15) is 0 Å². The number of hydrogen-bond donors (Lipinski definition) is 1. The van der Waals surface area contributed by atoms with Crippen LogP contribution in [-0.2, 0) is 0 Å². The van der Waals surface area contributed by atoms with Gasteiger partial charge in [-0.05, 0) is 49.4 Å². The van der Waals surface area contributed by atoms with Gasteiger partial charge in [0.2, 0.25) is 0 Å². The molecule has 1 aliphatic carbocycles. The van der Waals surface area contributed by atoms with Crippen molar-refractivity contribution in [1.29, 1.82) is 0 Å². The maximum atomic E-state index is 5.79. The fourth-order valence-electron chi connectivity index (χ4n) is 1.69. The minimum atomic E-state index is 0.574. The lowest BCUT2D eigenvalue weighted by Gasteiger charge is -2.11. The summed E-state index contributed by atoms with van der Waals surface area (Å²) < 4.78 is 0. The van der Waals surface area contributed by atoms with Crippen LogP contribution in [0.5, 0.6) is 0 Å². The first-order valence-electron chi connectivity index (χ1n) is 5.54. The highest BCUT2D eigenvalue weighted by molar-refractivity contribution is 6.30. The van der Waals surface area contributed by atoms with E-state index in [1.165, 1.54) is 6.42 Å². The highest BCUT2D eigenvalue weighted by Gasteiger charge is 2.05. The monoisotopic (exact) mass is 234 g/mol. The van der Waals surface area contributed by atoms with Gasteiger partial charge in [-0.1, -0.05) is 23.8 Å². The summed E-state index contributed by atoms with van der Waals surface area (Å²) in [4.78, 5) is 0. The van der Waals surface area contributed by atoms with E-state index >= 15 is 0 Å². The number of nitrogens with zero attached hydrogens (tertiary/aromatic N) is 1. The van der Waals surface area contributed by atoms with Crippen molar-refractivity contribution in [2.75, 3.05) is 5.43 Å². The molecule has 84 valence electrons. The second-order valence-electron chi connectivity index (χ2n) is 3.94. The summed E-state index contributed by atoms with van der Waals surface area (Å²) in [5, 5.41) is 4.99. The second-order valence-corrected chi connectivity index (χ2v) is 4.38. The second kappa shape index (κ2) is 5.71. The van der Waals surface area contributed by atoms with Gasteiger partial charge in [0.15, 0.2) is 0 Å². The van der Waals surface area contributed by atoms with Crippen molar-refractivity contribution in [3.8, 4) is 0 Å². The molecule has 2 rings (SSSR count). The number of nitrogens with one attached hydrogen (secondary N) is 1. The molecule has 16 heavy (non-hydrogen) atoms. The smallest absolute Gasteiger partial charge is 0.0562 e. The van der Waals surface area contributed by atoms with Crippen LogP contribution in [0.3, 0.4) is 0 Å². The third kappa shape index (κ3) is 3.38. The fourth-order valence-corrected chi connectivity index (χ4v) is 1.82. The predicted octanol–water partition coefficient (Wildman–Crippen LogP) is 4.09. The van der Waals surface area contributed by atoms with Gasteiger partial charge in [-0.15, -0.1) is 0 Å². The molecule has 1 atom stereocenters. The molecule has 0 amide bonds. The van der Waals surface area contributed by atoms with Gasteiger partial charge >= 0.3 is 0 Å². The van der Waals surface area contributed by atoms with Crippen LogP contribution in [0.4, 0.5) is 5.69 Å². The normalized spacial score (nSPS) is 20.2. The van der Waals surface area contributed by atoms with Gasteiger partial charge in [0.05, 0.1) is 5.69 Å². The lowest BCUT2D eigenvalue weighted by Crippen LogP contribution is -2.04. The quantitative estimate of drug-likeness (QED) is 0.475. The number of hydrazone groups is 1. The van der Waals surface area contributed by atoms with E-state index in [9.17, 15) is 0 Å². The van der Waals surface area contributed by atoms with E-state index in [1.54, 1.807) is 0 Å². The summed E-state index contributed by atoms with van der Waals surface area (Å²) in [6.45, 7) is 0. The van der Waals surface area contributed by atoms with E-state index in [0.29, 0.717) is 5.92 Å². The Morgan fingerprint density at radius 1 is 1.25 bits per heavy atom. The zero-order chi connectivity index (χ0) is 11.2. The molecule has 0 heterocycles. The van der Waals surface area contributed by atoms with Gasteiger partial charge in [-0.25, -0.2) is 0 Å². The minimum Gasteiger partial charge on any atom is -0.279 e. The molecule has 0 unspecified atom stereocenters. The van der Waals surface area contributed by atoms with E-state index in [-0.39, 0.29) is 0 Å². The highest BCUT2D eigenvalue weighted by Crippen LogP contribution is 2.16. The molecule has 2 nitrogen and oxygen atoms in total. The van der Waals surface area contributed by atoms with Crippen molar-refractivity contribution in [3.63, 3.8) is 0 Å². The van der Waals surface area contributed by atoms with Gasteiger partial charge < -0.3 is 0 Å². The van der Waals surface area contributed by atoms with Crippen LogP contribution in [0.1, 0.15) is 19.3 Å². The Hall–Kier alpha value is -1.28. The van der Waals surface area contributed by atoms with Gasteiger partial charge in [0, 0.05) is 11.2 Å². The molecule has 0 fully saturated rings. The summed E-state index contributed by atoms with van der Waals surface area (Å²) >= 11 is 5.79. The first-order valence-corrected chi connectivity index (χ1v) is 5.92. The third-order valence-electron chi connectivity index (χ3n) is 2.63. The summed E-state index contributed by atoms with van der Waals surface area (Å²) in [7, 11) is 0. The maximum absolute atomic E-state index is 5.79. The topological polar surface area (TPSA) is 24.4 Å². The first-order chi connectivity index (χ1) is 7.84. The molecule has 0 spiro atoms. The molecule has 0 aliphatic heterocycles. The van der Waals surface area contributed by atoms with Crippen LogP contribution in [-0.4, -0.2) is 6.21 Å². The fraction of sp³-hybridized carbons (Fsp3) is 0.308. The third-order valence-corrected chi connectivity index (χ3v) is 2.88. The Morgan fingerprint density at radius 3 is 2.75 bits per heavy atom. The molecule has 0 saturated carbocycles. The van der Waals surface area contributed by atoms with Crippen molar-refractivity contribution < 1.29 is 0 Å². The zero-order valence-electron chi connectivity index (χ0n) is 9.07. The van der Waals surface area contributed by atoms with Crippen molar-refractivity contribution in [2.45, 2.75) is 19.3 Å². The van der Waals surface area contributed by atoms with Crippen molar-refractivity contribution >= 4 is 23.5 Å². The van der Waals surface area contributed by atoms with E-state index < -0.39 is 0 Å². The summed E-state index contributed by atoms with van der Waals surface area (Å²) in [6, 6.07) is 7.53. The maximum Gasteiger partial charge on any atom is 0.0562 e. The summed E-state index contributed by atoms with van der Waals surface area (Å²) in [6.07, 6.45) is 9.92. The average Bonchev–Trinajstić information content (AvgIpc) is 2.33. The van der Waals surface area contributed by atoms with Gasteiger partial charge in [0.25, 0.3) is 0 Å². The van der Waals surface area contributed by atoms with Crippen molar-refractivity contribution in [2.24, 2.45) is 11.0 Å². The van der Waals surface area contributed by atoms with Gasteiger partial charge in [-0.3, -0.25) is 5.43 Å². The number of hydrogen-bond acceptors (Lipinski definition) is 2. The lowest BCUT2D eigenvalue weighted by atomic mass is 9.96. The average molecular weight is 235 g/mol. The van der Waals surface area contributed by atoms with E-state index in [0.717, 1.165) is 23.6 Å². The number of halogens is 1. The molecule has 3 heteroatoms. The molecule has 0 radical (unpaired) electrons. The Bertz CT molecular complexity index is 381. The molecular formula is C13H15ClN2. The van der Waals surface area contributed by atoms with E-state index in [4.69, 9.17) is 11.6 Å². The van der Waals surface area contributed by atoms with Crippen LogP contribution in [0.2, 0.25) is 5.02 Å². The van der Waals surface area contributed by atoms with Gasteiger partial charge in [-0.2, -0.15) is 5.10 Å². The van der Waals surface area contributed by atoms with E-state index in [2.05, 4.69) is 22.7 Å². The lowest BCUT2D eigenvalue weighted by molar-refractivity contribution is 0.627. The van der Waals surface area contributed by atoms with Crippen LogP contribution >= 0.6 is 11.6 Å². The summed E-state index contributed by atoms with van der Waals surface area (Å²) in [5.74, 6) is 0.574. The van der Waals surface area contributed by atoms with Crippen molar-refractivity contribution in [1.82, 2.24) is 0 Å². The Morgan fingerprint density at radius 2 is 2.06 bits per heavy atom. The predicted molar refractivity (Wildman–Crippen MR) is 70.0 cm³/mol. The SMILES string of the molecule is Clc1ccc(N/N=C\[C@H]2CC=CCC2)cc1. The van der Waals surface area contributed by atoms with Crippen molar-refractivity contribution in [3.05, 3.63) is 41.4 Å². The largest absolute Gasteiger partial charge is 0.279 e. The number of benzene rings is 1. The van der Waals surface area contributed by atoms with E-state index in [1.807, 2.05) is 30.5 Å². The molecule has 1 aromatic carbocycles. The van der Waals surface area contributed by atoms with Crippen LogP contribution in [0.15, 0.2) is 41.5 Å². The molecular weight excluding hydrogens is 220 g/mol. The molecule has 1 aromatic rings. The molecule has 0 bridgehead atoms. The number of rotatable bonds is 3. The Labute approximate surface area is 101 Å². The Kier molecular flexibility index (Phi) is 4.00. The standard InChI is InChI=1S/C13H15ClN2/c14-12-6-8-13(9-7-12)16-15-10-11-4-2-1-3-5-11/h1-2,6-11,16H,3-5H2/b15-10-/t11-/m0/s1. The van der Waals surface area contributed by atoms with Crippen LogP contribution in [0.25, 0.3) is 0 Å². The Balaban J connectivity index is 1.84. The zero-order valence-corrected chi connectivity index (χ0v) is 9.82.